The minimum absolute atomic E-state index is 0.0444. The Morgan fingerprint density at radius 3 is 2.41 bits per heavy atom. The Labute approximate surface area is 103 Å². The molecule has 0 saturated heterocycles. The van der Waals surface area contributed by atoms with E-state index in [0.29, 0.717) is 13.1 Å². The Bertz CT molecular complexity index is 402. The Kier molecular flexibility index (Phi) is 5.21. The molecule has 0 heterocycles. The number of carbonyl (C=O) groups is 1. The topological polar surface area (TPSA) is 20.3 Å². The van der Waals surface area contributed by atoms with Crippen LogP contribution in [0.15, 0.2) is 54.6 Å². The zero-order valence-corrected chi connectivity index (χ0v) is 10.5. The molecule has 2 heteroatoms. The third kappa shape index (κ3) is 4.27. The van der Waals surface area contributed by atoms with Crippen molar-refractivity contribution in [2.45, 2.75) is 13.8 Å². The van der Waals surface area contributed by atoms with E-state index in [1.54, 1.807) is 11.0 Å². The lowest BCUT2D eigenvalue weighted by molar-refractivity contribution is 0.0790. The summed E-state index contributed by atoms with van der Waals surface area (Å²) in [6, 6.07) is 9.33. The van der Waals surface area contributed by atoms with E-state index in [4.69, 9.17) is 0 Å². The zero-order chi connectivity index (χ0) is 12.7. The molecule has 2 nitrogen and oxygen atoms in total. The molecule has 1 aromatic rings. The van der Waals surface area contributed by atoms with E-state index >= 15 is 0 Å². The highest BCUT2D eigenvalue weighted by Crippen LogP contribution is 2.05. The molecular formula is C15H19NO. The van der Waals surface area contributed by atoms with E-state index in [2.05, 4.69) is 6.58 Å². The monoisotopic (exact) mass is 229 g/mol. The van der Waals surface area contributed by atoms with Crippen molar-refractivity contribution in [3.63, 3.8) is 0 Å². The minimum Gasteiger partial charge on any atom is -0.331 e. The first kappa shape index (κ1) is 13.2. The fourth-order valence-electron chi connectivity index (χ4n) is 1.45. The first-order chi connectivity index (χ1) is 8.15. The highest BCUT2D eigenvalue weighted by atomic mass is 16.2. The van der Waals surface area contributed by atoms with Gasteiger partial charge in [-0.15, -0.1) is 6.58 Å². The van der Waals surface area contributed by atoms with Crippen LogP contribution in [-0.4, -0.2) is 23.9 Å². The molecule has 1 amide bonds. The molecule has 0 fully saturated rings. The van der Waals surface area contributed by atoms with Gasteiger partial charge in [-0.1, -0.05) is 35.9 Å². The van der Waals surface area contributed by atoms with Gasteiger partial charge >= 0.3 is 0 Å². The van der Waals surface area contributed by atoms with E-state index in [9.17, 15) is 4.79 Å². The van der Waals surface area contributed by atoms with Crippen LogP contribution in [0, 0.1) is 0 Å². The van der Waals surface area contributed by atoms with Crippen molar-refractivity contribution in [1.82, 2.24) is 4.90 Å². The second-order valence-electron chi connectivity index (χ2n) is 4.15. The lowest BCUT2D eigenvalue weighted by Gasteiger charge is -2.19. The van der Waals surface area contributed by atoms with Crippen LogP contribution in [0.5, 0.6) is 0 Å². The van der Waals surface area contributed by atoms with Gasteiger partial charge in [0, 0.05) is 18.7 Å². The summed E-state index contributed by atoms with van der Waals surface area (Å²) in [6.45, 7) is 8.94. The standard InChI is InChI=1S/C15H19NO/c1-4-11-16(12-10-13(2)3)15(17)14-8-6-5-7-9-14/h4-10H,1,11-12H2,2-3H3. The number of hydrogen-bond acceptors (Lipinski definition) is 1. The molecule has 0 aromatic heterocycles. The molecule has 0 unspecified atom stereocenters. The Hall–Kier alpha value is -1.83. The van der Waals surface area contributed by atoms with Gasteiger partial charge < -0.3 is 4.90 Å². The van der Waals surface area contributed by atoms with Crippen LogP contribution in [0.3, 0.4) is 0 Å². The van der Waals surface area contributed by atoms with Crippen LogP contribution in [0.1, 0.15) is 24.2 Å². The molecule has 17 heavy (non-hydrogen) atoms. The molecule has 0 atom stereocenters. The van der Waals surface area contributed by atoms with E-state index in [1.807, 2.05) is 50.3 Å². The Morgan fingerprint density at radius 2 is 1.88 bits per heavy atom. The summed E-state index contributed by atoms with van der Waals surface area (Å²) in [5.41, 5.74) is 1.93. The molecule has 1 aromatic carbocycles. The maximum absolute atomic E-state index is 12.2. The van der Waals surface area contributed by atoms with E-state index in [0.717, 1.165) is 5.56 Å². The largest absolute Gasteiger partial charge is 0.331 e. The number of nitrogens with zero attached hydrogens (tertiary/aromatic N) is 1. The van der Waals surface area contributed by atoms with Gasteiger partial charge in [0.2, 0.25) is 0 Å². The van der Waals surface area contributed by atoms with Crippen molar-refractivity contribution in [2.75, 3.05) is 13.1 Å². The van der Waals surface area contributed by atoms with Gasteiger partial charge in [0.25, 0.3) is 5.91 Å². The number of allylic oxidation sites excluding steroid dienone is 1. The van der Waals surface area contributed by atoms with E-state index < -0.39 is 0 Å². The van der Waals surface area contributed by atoms with E-state index in [1.165, 1.54) is 5.57 Å². The van der Waals surface area contributed by atoms with Crippen molar-refractivity contribution in [2.24, 2.45) is 0 Å². The average Bonchev–Trinajstić information content (AvgIpc) is 2.34. The summed E-state index contributed by atoms with van der Waals surface area (Å²) in [4.78, 5) is 14.0. The van der Waals surface area contributed by atoms with E-state index in [-0.39, 0.29) is 5.91 Å². The third-order valence-electron chi connectivity index (χ3n) is 2.38. The minimum atomic E-state index is 0.0444. The van der Waals surface area contributed by atoms with Crippen LogP contribution in [0.2, 0.25) is 0 Å². The number of carbonyl (C=O) groups excluding carboxylic acids is 1. The molecule has 1 rings (SSSR count). The summed E-state index contributed by atoms with van der Waals surface area (Å²) in [5, 5.41) is 0. The van der Waals surface area contributed by atoms with Crippen molar-refractivity contribution in [1.29, 1.82) is 0 Å². The van der Waals surface area contributed by atoms with Gasteiger partial charge in [-0.2, -0.15) is 0 Å². The molecular weight excluding hydrogens is 210 g/mol. The fraction of sp³-hybridized carbons (Fsp3) is 0.267. The van der Waals surface area contributed by atoms with Crippen LogP contribution in [0.25, 0.3) is 0 Å². The summed E-state index contributed by atoms with van der Waals surface area (Å²) in [6.07, 6.45) is 3.80. The molecule has 0 aliphatic carbocycles. The van der Waals surface area contributed by atoms with Crippen molar-refractivity contribution >= 4 is 5.91 Å². The predicted octanol–water partition coefficient (Wildman–Crippen LogP) is 3.28. The van der Waals surface area contributed by atoms with Gasteiger partial charge in [0.1, 0.15) is 0 Å². The summed E-state index contributed by atoms with van der Waals surface area (Å²) in [7, 11) is 0. The normalized spacial score (nSPS) is 9.53. The fourth-order valence-corrected chi connectivity index (χ4v) is 1.45. The maximum Gasteiger partial charge on any atom is 0.254 e. The highest BCUT2D eigenvalue weighted by molar-refractivity contribution is 5.94. The Balaban J connectivity index is 2.80. The Morgan fingerprint density at radius 1 is 1.24 bits per heavy atom. The lowest BCUT2D eigenvalue weighted by atomic mass is 10.2. The van der Waals surface area contributed by atoms with Gasteiger partial charge in [-0.05, 0) is 26.0 Å². The smallest absolute Gasteiger partial charge is 0.254 e. The van der Waals surface area contributed by atoms with Gasteiger partial charge in [-0.25, -0.2) is 0 Å². The highest BCUT2D eigenvalue weighted by Gasteiger charge is 2.12. The number of benzene rings is 1. The summed E-state index contributed by atoms with van der Waals surface area (Å²) < 4.78 is 0. The molecule has 0 bridgehead atoms. The van der Waals surface area contributed by atoms with Crippen LogP contribution < -0.4 is 0 Å². The molecule has 0 saturated carbocycles. The summed E-state index contributed by atoms with van der Waals surface area (Å²) >= 11 is 0. The SMILES string of the molecule is C=CCN(CC=C(C)C)C(=O)c1ccccc1. The number of rotatable bonds is 5. The van der Waals surface area contributed by atoms with Gasteiger partial charge in [-0.3, -0.25) is 4.79 Å². The molecule has 0 aliphatic heterocycles. The van der Waals surface area contributed by atoms with Crippen molar-refractivity contribution in [3.05, 3.63) is 60.2 Å². The quantitative estimate of drug-likeness (QED) is 0.709. The zero-order valence-electron chi connectivity index (χ0n) is 10.5. The van der Waals surface area contributed by atoms with Crippen molar-refractivity contribution < 1.29 is 4.79 Å². The number of amides is 1. The van der Waals surface area contributed by atoms with Gasteiger partial charge in [0.15, 0.2) is 0 Å². The van der Waals surface area contributed by atoms with Gasteiger partial charge in [0.05, 0.1) is 0 Å². The lowest BCUT2D eigenvalue weighted by Crippen LogP contribution is -2.31. The molecule has 90 valence electrons. The average molecular weight is 229 g/mol. The van der Waals surface area contributed by atoms with Crippen LogP contribution in [-0.2, 0) is 0 Å². The second kappa shape index (κ2) is 6.69. The third-order valence-corrected chi connectivity index (χ3v) is 2.38. The first-order valence-corrected chi connectivity index (χ1v) is 5.73. The molecule has 0 radical (unpaired) electrons. The van der Waals surface area contributed by atoms with Crippen molar-refractivity contribution in [3.8, 4) is 0 Å². The number of hydrogen-bond donors (Lipinski definition) is 0. The summed E-state index contributed by atoms with van der Waals surface area (Å²) in [5.74, 6) is 0.0444. The molecule has 0 N–H and O–H groups in total. The second-order valence-corrected chi connectivity index (χ2v) is 4.15. The van der Waals surface area contributed by atoms with Crippen LogP contribution in [0.4, 0.5) is 0 Å². The molecule has 0 aliphatic rings. The maximum atomic E-state index is 12.2. The first-order valence-electron chi connectivity index (χ1n) is 5.73. The molecule has 0 spiro atoms. The van der Waals surface area contributed by atoms with Crippen LogP contribution >= 0.6 is 0 Å². The predicted molar refractivity (Wildman–Crippen MR) is 72.0 cm³/mol.